The second-order valence-electron chi connectivity index (χ2n) is 27.5. The first-order chi connectivity index (χ1) is 57.5. The molecule has 3 aliphatic heterocycles. The molecule has 3 saturated heterocycles. The third-order valence-electron chi connectivity index (χ3n) is 19.4. The number of fused-ring (bicyclic) bond motifs is 3. The zero-order valence-corrected chi connectivity index (χ0v) is 65.4. The number of hydrogen-bond donors (Lipinski definition) is 1. The Bertz CT molecular complexity index is 5750. The van der Waals surface area contributed by atoms with E-state index in [1.54, 1.807) is 61.7 Å². The van der Waals surface area contributed by atoms with Gasteiger partial charge in [0, 0.05) is 28.6 Å². The number of morpholine rings is 3. The molecule has 0 spiro atoms. The lowest BCUT2D eigenvalue weighted by molar-refractivity contribution is -0.344. The molecule has 9 aromatic carbocycles. The number of carbonyl (C=O) groups excluding carboxylic acids is 6. The Morgan fingerprint density at radius 1 is 0.392 bits per heavy atom. The van der Waals surface area contributed by atoms with Crippen LogP contribution in [-0.2, 0) is 42.8 Å². The maximum absolute atomic E-state index is 13.2. The van der Waals surface area contributed by atoms with E-state index >= 15 is 0 Å². The smallest absolute Gasteiger partial charge is 0.430 e. The van der Waals surface area contributed by atoms with Gasteiger partial charge >= 0.3 is 47.7 Å². The van der Waals surface area contributed by atoms with Gasteiger partial charge in [0.1, 0.15) is 51.0 Å². The van der Waals surface area contributed by atoms with Crippen LogP contribution in [0.15, 0.2) is 264 Å². The van der Waals surface area contributed by atoms with E-state index < -0.39 is 48.0 Å². The number of para-hydroxylation sites is 3. The van der Waals surface area contributed by atoms with Crippen LogP contribution >= 0.6 is 0 Å². The van der Waals surface area contributed by atoms with E-state index in [9.17, 15) is 46.7 Å². The van der Waals surface area contributed by atoms with E-state index in [-0.39, 0.29) is 61.1 Å². The first kappa shape index (κ1) is 88.6. The van der Waals surface area contributed by atoms with Gasteiger partial charge in [0.2, 0.25) is 20.2 Å². The van der Waals surface area contributed by atoms with E-state index in [0.717, 1.165) is 52.8 Å². The van der Waals surface area contributed by atoms with Crippen LogP contribution in [0.2, 0.25) is 0 Å². The molecule has 27 nitrogen and oxygen atoms in total. The van der Waals surface area contributed by atoms with Gasteiger partial charge in [-0.15, -0.1) is 0 Å². The Hall–Kier alpha value is -13.8. The molecular formula is C90H82F3N3O24. The molecule has 622 valence electrons. The number of carbonyl (C=O) groups is 7. The summed E-state index contributed by atoms with van der Waals surface area (Å²) in [7, 11) is 1.57. The largest absolute Gasteiger partial charge is 0.550 e. The second-order valence-corrected chi connectivity index (χ2v) is 27.5. The Labute approximate surface area is 683 Å². The molecule has 0 amide bonds. The van der Waals surface area contributed by atoms with E-state index in [2.05, 4.69) is 0 Å². The molecule has 0 atom stereocenters. The van der Waals surface area contributed by atoms with Crippen molar-refractivity contribution < 1.29 is 114 Å². The number of esters is 3. The summed E-state index contributed by atoms with van der Waals surface area (Å²) in [6, 6.07) is 70.0. The van der Waals surface area contributed by atoms with Gasteiger partial charge in [0.15, 0.2) is 33.0 Å². The summed E-state index contributed by atoms with van der Waals surface area (Å²) >= 11 is 0. The van der Waals surface area contributed by atoms with Crippen LogP contribution in [0.4, 0.5) is 30.8 Å². The molecule has 3 aliphatic rings. The van der Waals surface area contributed by atoms with E-state index in [1.807, 2.05) is 146 Å². The Kier molecular flexibility index (Phi) is 30.2. The van der Waals surface area contributed by atoms with Crippen LogP contribution < -0.4 is 49.8 Å². The number of hydrogen-bond acceptors (Lipinski definition) is 23. The van der Waals surface area contributed by atoms with E-state index in [4.69, 9.17) is 81.2 Å². The third kappa shape index (κ3) is 22.9. The van der Waals surface area contributed by atoms with Crippen molar-refractivity contribution in [3.8, 4) is 39.1 Å². The highest BCUT2D eigenvalue weighted by Gasteiger charge is 2.42. The first-order valence-corrected chi connectivity index (χ1v) is 37.4. The fourth-order valence-corrected chi connectivity index (χ4v) is 13.0. The van der Waals surface area contributed by atoms with Crippen LogP contribution in [0.5, 0.6) is 5.75 Å². The predicted octanol–water partition coefficient (Wildman–Crippen LogP) is 10.7. The Morgan fingerprint density at radius 2 is 0.650 bits per heavy atom. The average Bonchev–Trinajstić information content (AvgIpc) is 0.768. The standard InChI is InChI=1S/C28H23NO7.C28H26NO6.C28H26NO5.C2HF3O2.2C2H4O2/c30-24-17-25(36-26-22(7-4-8-23(24)26)19-5-2-1-3-6-19)29(13-15-34-16-14-29)18-35-28(33)21-11-9-20(10-12-21)27(31)32;1-32-22-12-10-21(11-13-22)28(31)34-19-29(14-16-33-17-15-29)26-18-25(30)24-9-5-8-23(27(24)35-26)20-6-3-2-4-7-20;1-20-10-12-22(13-11-20)28(31)33-19-29(14-16-32-17-15-29)26-18-25(30)24-9-5-8-23(27(24)34-26)21-6-3-2-4-7-21;3-2(4,5)1(6)7;2*1-2(3)4/h1-12,17H,13-16,18H2;2-13,18H,14-17,19H2,1H3;2-13,18H,14-17,19H2,1H3;(H,6,7);2*1H3,(H,3,4)/q;2*+1;;;/p-2. The SMILES string of the molecule is CC(=O)[O-].CC(=O)[O-].COc1ccc(C(=O)OC[N+]2(c3cc(=O)c4cccc(-c5ccccc5)c4o3)CCOCC2)cc1.Cc1ccc(C(=O)OC[N+]2(c3cc(=O)c4cccc(-c5ccccc5)c4o3)CCOCC2)cc1.O=C(O)c1ccc(C(=O)OC[N+]2(c3cc(=O)c4cccc(-c5ccccc5)c4o3)CCOCC2)cc1.O=C([O-])C(F)(F)F. The minimum Gasteiger partial charge on any atom is -0.550 e. The first-order valence-electron chi connectivity index (χ1n) is 37.4. The molecule has 3 fully saturated rings. The van der Waals surface area contributed by atoms with Gasteiger partial charge in [-0.3, -0.25) is 14.4 Å². The predicted molar refractivity (Wildman–Crippen MR) is 432 cm³/mol. The molecule has 12 aromatic rings. The summed E-state index contributed by atoms with van der Waals surface area (Å²) < 4.78 is 90.4. The van der Waals surface area contributed by atoms with Gasteiger partial charge in [0.05, 0.1) is 103 Å². The molecule has 120 heavy (non-hydrogen) atoms. The molecule has 1 N–H and O–H groups in total. The lowest BCUT2D eigenvalue weighted by atomic mass is 10.0. The highest BCUT2D eigenvalue weighted by molar-refractivity contribution is 5.96. The number of nitrogens with zero attached hydrogens (tertiary/aromatic N) is 3. The molecule has 0 saturated carbocycles. The number of carboxylic acids is 4. The Balaban J connectivity index is 0.000000174. The summed E-state index contributed by atoms with van der Waals surface area (Å²) in [5, 5.41) is 37.1. The van der Waals surface area contributed by atoms with Gasteiger partial charge < -0.3 is 81.2 Å². The monoisotopic (exact) mass is 1650 g/mol. The van der Waals surface area contributed by atoms with Crippen molar-refractivity contribution in [1.82, 2.24) is 13.4 Å². The number of aromatic carboxylic acids is 1. The van der Waals surface area contributed by atoms with Gasteiger partial charge in [-0.25, -0.2) is 32.6 Å². The van der Waals surface area contributed by atoms with Crippen molar-refractivity contribution in [3.05, 3.63) is 295 Å². The van der Waals surface area contributed by atoms with Gasteiger partial charge in [-0.05, 0) is 116 Å². The van der Waals surface area contributed by atoms with Gasteiger partial charge in [0.25, 0.3) is 0 Å². The van der Waals surface area contributed by atoms with Gasteiger partial charge in [-0.1, -0.05) is 145 Å². The molecule has 0 unspecified atom stereocenters. The number of carboxylic acid groups (broad SMARTS) is 4. The molecule has 0 aliphatic carbocycles. The van der Waals surface area contributed by atoms with E-state index in [0.29, 0.717) is 146 Å². The van der Waals surface area contributed by atoms with Crippen molar-refractivity contribution in [1.29, 1.82) is 0 Å². The molecule has 30 heteroatoms. The third-order valence-corrected chi connectivity index (χ3v) is 19.4. The number of aliphatic carboxylic acids is 3. The number of aryl methyl sites for hydroxylation is 1. The summed E-state index contributed by atoms with van der Waals surface area (Å²) in [4.78, 5) is 115. The van der Waals surface area contributed by atoms with Crippen molar-refractivity contribution >= 4 is 92.3 Å². The quantitative estimate of drug-likeness (QED) is 0.0503. The van der Waals surface area contributed by atoms with E-state index in [1.165, 1.54) is 42.5 Å². The van der Waals surface area contributed by atoms with Crippen molar-refractivity contribution in [3.63, 3.8) is 0 Å². The molecule has 0 bridgehead atoms. The molecule has 15 rings (SSSR count). The van der Waals surface area contributed by atoms with Crippen molar-refractivity contribution in [2.75, 3.05) is 106 Å². The molecule has 3 aromatic heterocycles. The average molecular weight is 1650 g/mol. The van der Waals surface area contributed by atoms with Crippen LogP contribution in [0.3, 0.4) is 0 Å². The zero-order chi connectivity index (χ0) is 86.2. The number of halogens is 3. The topological polar surface area (TPSA) is 364 Å². The number of alkyl halides is 3. The molecular weight excluding hydrogens is 1560 g/mol. The lowest BCUT2D eigenvalue weighted by Gasteiger charge is -2.37. The second kappa shape index (κ2) is 40.9. The minimum atomic E-state index is -5.19. The summed E-state index contributed by atoms with van der Waals surface area (Å²) in [6.45, 7) is 9.61. The summed E-state index contributed by atoms with van der Waals surface area (Å²) in [6.07, 6.45) is -5.19. The van der Waals surface area contributed by atoms with Crippen LogP contribution in [-0.4, -0.2) is 159 Å². The van der Waals surface area contributed by atoms with Crippen LogP contribution in [0.1, 0.15) is 60.8 Å². The fourth-order valence-electron chi connectivity index (χ4n) is 13.0. The normalized spacial score (nSPS) is 14.2. The number of ether oxygens (including phenoxy) is 7. The van der Waals surface area contributed by atoms with Crippen molar-refractivity contribution in [2.45, 2.75) is 26.9 Å². The highest BCUT2D eigenvalue weighted by atomic mass is 19.4. The minimum absolute atomic E-state index is 0.0240. The number of methoxy groups -OCH3 is 1. The summed E-state index contributed by atoms with van der Waals surface area (Å²) in [5.74, 6) is -5.72. The maximum atomic E-state index is 13.2. The Morgan fingerprint density at radius 3 is 0.908 bits per heavy atom. The fraction of sp³-hybridized carbons (Fsp3) is 0.222. The number of rotatable bonds is 17. The zero-order valence-electron chi connectivity index (χ0n) is 65.4. The van der Waals surface area contributed by atoms with Crippen LogP contribution in [0.25, 0.3) is 66.3 Å². The molecule has 0 radical (unpaired) electrons. The number of quaternary nitrogens is 3. The van der Waals surface area contributed by atoms with Crippen LogP contribution in [0, 0.1) is 6.92 Å². The number of benzene rings is 9. The highest BCUT2D eigenvalue weighted by Crippen LogP contribution is 2.37. The maximum Gasteiger partial charge on any atom is 0.430 e. The van der Waals surface area contributed by atoms with Crippen molar-refractivity contribution in [2.24, 2.45) is 0 Å². The van der Waals surface area contributed by atoms with Gasteiger partial charge in [-0.2, -0.15) is 13.2 Å². The molecule has 6 heterocycles. The lowest BCUT2D eigenvalue weighted by Crippen LogP contribution is -2.58. The summed E-state index contributed by atoms with van der Waals surface area (Å²) in [5.41, 5.74) is 8.72.